The highest BCUT2D eigenvalue weighted by Gasteiger charge is 2.32. The molecular weight excluding hydrogens is 462 g/mol. The van der Waals surface area contributed by atoms with Gasteiger partial charge in [0.25, 0.3) is 5.91 Å². The number of para-hydroxylation sites is 2. The molecule has 6 rings (SSSR count). The van der Waals surface area contributed by atoms with Crippen LogP contribution in [0.25, 0.3) is 27.9 Å². The summed E-state index contributed by atoms with van der Waals surface area (Å²) in [5, 5.41) is 11.2. The minimum atomic E-state index is -0.967. The van der Waals surface area contributed by atoms with E-state index in [0.717, 1.165) is 57.7 Å². The summed E-state index contributed by atoms with van der Waals surface area (Å²) in [5.74, 6) is -0.981. The maximum atomic E-state index is 14.0. The van der Waals surface area contributed by atoms with E-state index in [1.807, 2.05) is 65.6 Å². The van der Waals surface area contributed by atoms with E-state index < -0.39 is 5.97 Å². The zero-order chi connectivity index (χ0) is 25.4. The van der Waals surface area contributed by atoms with E-state index in [4.69, 9.17) is 5.11 Å². The Morgan fingerprint density at radius 3 is 2.38 bits per heavy atom. The first kappa shape index (κ1) is 22.9. The molecule has 6 heteroatoms. The Hall–Kier alpha value is -4.58. The van der Waals surface area contributed by atoms with Gasteiger partial charge < -0.3 is 20.0 Å². The van der Waals surface area contributed by atoms with Gasteiger partial charge in [0.05, 0.1) is 6.04 Å². The SMILES string of the molecule is O=C(O)C=Cc1ccc2c(c1)CCC2N(CCc1cc2ccccc2[nH]1)C(=O)c1cc2ccccc2[nH]1. The van der Waals surface area contributed by atoms with Gasteiger partial charge in [-0.05, 0) is 65.3 Å². The van der Waals surface area contributed by atoms with Gasteiger partial charge >= 0.3 is 5.97 Å². The highest BCUT2D eigenvalue weighted by Crippen LogP contribution is 2.37. The molecular formula is C31H27N3O3. The van der Waals surface area contributed by atoms with Gasteiger partial charge in [0, 0.05) is 41.2 Å². The third kappa shape index (κ3) is 4.54. The van der Waals surface area contributed by atoms with E-state index in [1.165, 1.54) is 5.39 Å². The van der Waals surface area contributed by atoms with Gasteiger partial charge in [-0.15, -0.1) is 0 Å². The standard InChI is InChI=1S/C31H27N3O3/c35-30(36)14-10-20-9-12-25-21(17-20)11-13-29(25)34(16-15-24-18-22-5-1-3-7-26(22)32-24)31(37)28-19-23-6-2-4-8-27(23)33-28/h1-10,12,14,17-19,29,32-33H,11,13,15-16H2,(H,35,36). The second-order valence-corrected chi connectivity index (χ2v) is 9.58. The number of aromatic amines is 2. The number of nitrogens with zero attached hydrogens (tertiary/aromatic N) is 1. The van der Waals surface area contributed by atoms with Gasteiger partial charge in [0.2, 0.25) is 0 Å². The summed E-state index contributed by atoms with van der Waals surface area (Å²) in [7, 11) is 0. The summed E-state index contributed by atoms with van der Waals surface area (Å²) in [5.41, 5.74) is 6.89. The molecule has 0 saturated heterocycles. The second kappa shape index (κ2) is 9.47. The van der Waals surface area contributed by atoms with Crippen molar-refractivity contribution in [2.75, 3.05) is 6.54 Å². The summed E-state index contributed by atoms with van der Waals surface area (Å²) >= 11 is 0. The zero-order valence-corrected chi connectivity index (χ0v) is 20.3. The molecule has 3 N–H and O–H groups in total. The number of fused-ring (bicyclic) bond motifs is 3. The first-order valence-corrected chi connectivity index (χ1v) is 12.5. The molecule has 6 nitrogen and oxygen atoms in total. The molecule has 1 aliphatic carbocycles. The van der Waals surface area contributed by atoms with E-state index >= 15 is 0 Å². The van der Waals surface area contributed by atoms with Crippen molar-refractivity contribution in [2.45, 2.75) is 25.3 Å². The van der Waals surface area contributed by atoms with Gasteiger partial charge in [-0.2, -0.15) is 0 Å². The van der Waals surface area contributed by atoms with Crippen molar-refractivity contribution in [2.24, 2.45) is 0 Å². The first-order chi connectivity index (χ1) is 18.0. The van der Waals surface area contributed by atoms with Crippen LogP contribution in [0.5, 0.6) is 0 Å². The summed E-state index contributed by atoms with van der Waals surface area (Å²) < 4.78 is 0. The van der Waals surface area contributed by atoms with E-state index in [-0.39, 0.29) is 11.9 Å². The lowest BCUT2D eigenvalue weighted by molar-refractivity contribution is -0.131. The number of nitrogens with one attached hydrogen (secondary N) is 2. The van der Waals surface area contributed by atoms with Crippen molar-refractivity contribution in [3.05, 3.63) is 113 Å². The average molecular weight is 490 g/mol. The molecule has 0 radical (unpaired) electrons. The lowest BCUT2D eigenvalue weighted by Crippen LogP contribution is -2.36. The van der Waals surface area contributed by atoms with Crippen LogP contribution in [0.4, 0.5) is 0 Å². The van der Waals surface area contributed by atoms with Gasteiger partial charge in [0.1, 0.15) is 5.69 Å². The number of carboxylic acids is 1. The Morgan fingerprint density at radius 2 is 1.65 bits per heavy atom. The fourth-order valence-electron chi connectivity index (χ4n) is 5.46. The summed E-state index contributed by atoms with van der Waals surface area (Å²) in [6.45, 7) is 0.575. The van der Waals surface area contributed by atoms with Crippen molar-refractivity contribution in [1.29, 1.82) is 0 Å². The number of aliphatic carboxylic acids is 1. The smallest absolute Gasteiger partial charge is 0.328 e. The number of carbonyl (C=O) groups excluding carboxylic acids is 1. The Balaban J connectivity index is 1.32. The van der Waals surface area contributed by atoms with Crippen molar-refractivity contribution >= 4 is 39.8 Å². The molecule has 2 aromatic heterocycles. The molecule has 3 aromatic carbocycles. The number of amides is 1. The minimum absolute atomic E-state index is 0.0139. The molecule has 0 spiro atoms. The molecule has 184 valence electrons. The molecule has 1 atom stereocenters. The lowest BCUT2D eigenvalue weighted by atomic mass is 10.0. The third-order valence-electron chi connectivity index (χ3n) is 7.24. The molecule has 37 heavy (non-hydrogen) atoms. The normalized spacial score (nSPS) is 15.0. The van der Waals surface area contributed by atoms with Gasteiger partial charge in [-0.25, -0.2) is 4.79 Å². The Bertz CT molecular complexity index is 1590. The van der Waals surface area contributed by atoms with Crippen LogP contribution in [0.1, 0.15) is 45.3 Å². The lowest BCUT2D eigenvalue weighted by Gasteiger charge is -2.29. The van der Waals surface area contributed by atoms with Gasteiger partial charge in [-0.3, -0.25) is 4.79 Å². The number of aromatic nitrogens is 2. The molecule has 0 bridgehead atoms. The molecule has 1 aliphatic rings. The zero-order valence-electron chi connectivity index (χ0n) is 20.3. The van der Waals surface area contributed by atoms with Crippen LogP contribution in [0.2, 0.25) is 0 Å². The Morgan fingerprint density at radius 1 is 0.919 bits per heavy atom. The molecule has 1 amide bonds. The van der Waals surface area contributed by atoms with E-state index in [0.29, 0.717) is 18.7 Å². The van der Waals surface area contributed by atoms with Gasteiger partial charge in [0.15, 0.2) is 0 Å². The largest absolute Gasteiger partial charge is 0.478 e. The van der Waals surface area contributed by atoms with Crippen LogP contribution < -0.4 is 0 Å². The summed E-state index contributed by atoms with van der Waals surface area (Å²) in [6.07, 6.45) is 5.16. The minimum Gasteiger partial charge on any atom is -0.478 e. The van der Waals surface area contributed by atoms with E-state index in [9.17, 15) is 9.59 Å². The maximum absolute atomic E-state index is 14.0. The van der Waals surface area contributed by atoms with Gasteiger partial charge in [-0.1, -0.05) is 54.6 Å². The molecule has 0 aliphatic heterocycles. The molecule has 2 heterocycles. The van der Waals surface area contributed by atoms with Crippen LogP contribution in [-0.4, -0.2) is 38.4 Å². The quantitative estimate of drug-likeness (QED) is 0.241. The number of aryl methyl sites for hydroxylation is 1. The molecule has 5 aromatic rings. The predicted molar refractivity (Wildman–Crippen MR) is 146 cm³/mol. The van der Waals surface area contributed by atoms with E-state index in [2.05, 4.69) is 28.2 Å². The number of benzene rings is 3. The third-order valence-corrected chi connectivity index (χ3v) is 7.24. The first-order valence-electron chi connectivity index (χ1n) is 12.5. The fourth-order valence-corrected chi connectivity index (χ4v) is 5.46. The number of carboxylic acid groups (broad SMARTS) is 1. The van der Waals surface area contributed by atoms with Crippen molar-refractivity contribution < 1.29 is 14.7 Å². The number of H-pyrrole nitrogens is 2. The number of rotatable bonds is 7. The summed E-state index contributed by atoms with van der Waals surface area (Å²) in [6, 6.07) is 26.2. The Labute approximate surface area is 214 Å². The molecule has 0 saturated carbocycles. The average Bonchev–Trinajstić information content (AvgIpc) is 3.63. The van der Waals surface area contributed by atoms with Crippen LogP contribution in [0, 0.1) is 0 Å². The number of carbonyl (C=O) groups is 2. The number of hydrogen-bond donors (Lipinski definition) is 3. The number of hydrogen-bond acceptors (Lipinski definition) is 2. The highest BCUT2D eigenvalue weighted by atomic mass is 16.4. The van der Waals surface area contributed by atoms with Crippen LogP contribution in [0.3, 0.4) is 0 Å². The Kier molecular flexibility index (Phi) is 5.85. The maximum Gasteiger partial charge on any atom is 0.328 e. The topological polar surface area (TPSA) is 89.2 Å². The summed E-state index contributed by atoms with van der Waals surface area (Å²) in [4.78, 5) is 33.7. The van der Waals surface area contributed by atoms with E-state index in [1.54, 1.807) is 6.08 Å². The molecule has 1 unspecified atom stereocenters. The van der Waals surface area contributed by atoms with Crippen LogP contribution in [0.15, 0.2) is 84.9 Å². The van der Waals surface area contributed by atoms with Crippen molar-refractivity contribution in [3.8, 4) is 0 Å². The monoisotopic (exact) mass is 489 g/mol. The second-order valence-electron chi connectivity index (χ2n) is 9.58. The fraction of sp³-hybridized carbons (Fsp3) is 0.161. The van der Waals surface area contributed by atoms with Crippen LogP contribution >= 0.6 is 0 Å². The molecule has 0 fully saturated rings. The highest BCUT2D eigenvalue weighted by molar-refractivity contribution is 5.98. The predicted octanol–water partition coefficient (Wildman–Crippen LogP) is 6.12. The van der Waals surface area contributed by atoms with Crippen molar-refractivity contribution in [1.82, 2.24) is 14.9 Å². The van der Waals surface area contributed by atoms with Crippen molar-refractivity contribution in [3.63, 3.8) is 0 Å². The van der Waals surface area contributed by atoms with Crippen LogP contribution in [-0.2, 0) is 17.6 Å².